The van der Waals surface area contributed by atoms with Crippen molar-refractivity contribution in [1.82, 2.24) is 5.32 Å². The third kappa shape index (κ3) is 4.69. The van der Waals surface area contributed by atoms with Crippen molar-refractivity contribution >= 4 is 5.57 Å². The lowest BCUT2D eigenvalue weighted by Gasteiger charge is -2.06. The molecule has 2 nitrogen and oxygen atoms in total. The number of benzene rings is 1. The quantitative estimate of drug-likeness (QED) is 0.609. The first-order chi connectivity index (χ1) is 9.07. The van der Waals surface area contributed by atoms with Crippen molar-refractivity contribution in [3.05, 3.63) is 41.2 Å². The van der Waals surface area contributed by atoms with Gasteiger partial charge in [-0.1, -0.05) is 6.08 Å². The van der Waals surface area contributed by atoms with E-state index in [4.69, 9.17) is 4.74 Å². The molecule has 0 heterocycles. The molecule has 0 aliphatic carbocycles. The zero-order valence-corrected chi connectivity index (χ0v) is 11.1. The van der Waals surface area contributed by atoms with Gasteiger partial charge in [-0.2, -0.15) is 0 Å². The predicted molar refractivity (Wildman–Crippen MR) is 69.3 cm³/mol. The number of nitrogens with one attached hydrogen (secondary N) is 1. The third-order valence-electron chi connectivity index (χ3n) is 2.71. The average molecular weight is 273 g/mol. The van der Waals surface area contributed by atoms with E-state index in [1.165, 1.54) is 6.07 Å². The Morgan fingerprint density at radius 2 is 1.95 bits per heavy atom. The summed E-state index contributed by atoms with van der Waals surface area (Å²) >= 11 is 0. The highest BCUT2D eigenvalue weighted by molar-refractivity contribution is 5.64. The Morgan fingerprint density at radius 3 is 2.63 bits per heavy atom. The minimum absolute atomic E-state index is 0.0933. The highest BCUT2D eigenvalue weighted by Crippen LogP contribution is 2.22. The Hall–Kier alpha value is -1.33. The van der Waals surface area contributed by atoms with E-state index in [9.17, 15) is 13.2 Å². The summed E-state index contributed by atoms with van der Waals surface area (Å²) in [6.45, 7) is 3.75. The van der Waals surface area contributed by atoms with Gasteiger partial charge in [-0.05, 0) is 37.6 Å². The van der Waals surface area contributed by atoms with Crippen LogP contribution in [0, 0.1) is 17.5 Å². The van der Waals surface area contributed by atoms with Gasteiger partial charge in [-0.3, -0.25) is 0 Å². The number of allylic oxidation sites excluding steroid dienone is 1. The number of hydrogen-bond donors (Lipinski definition) is 1. The van der Waals surface area contributed by atoms with E-state index in [0.29, 0.717) is 25.1 Å². The second-order valence-corrected chi connectivity index (χ2v) is 4.14. The SMILES string of the molecule is COCCNCCC=C(C)c1ccc(F)c(F)c1F. The Morgan fingerprint density at radius 1 is 1.21 bits per heavy atom. The average Bonchev–Trinajstić information content (AvgIpc) is 2.40. The fourth-order valence-corrected chi connectivity index (χ4v) is 1.63. The van der Waals surface area contributed by atoms with Crippen LogP contribution in [0.5, 0.6) is 0 Å². The molecule has 5 heteroatoms. The van der Waals surface area contributed by atoms with Crippen molar-refractivity contribution in [2.75, 3.05) is 26.8 Å². The minimum Gasteiger partial charge on any atom is -0.383 e. The Balaban J connectivity index is 2.57. The molecule has 1 N–H and O–H groups in total. The fraction of sp³-hybridized carbons (Fsp3) is 0.429. The Bertz CT molecular complexity index is 447. The molecule has 1 rings (SSSR count). The van der Waals surface area contributed by atoms with Crippen molar-refractivity contribution in [3.63, 3.8) is 0 Å². The summed E-state index contributed by atoms with van der Waals surface area (Å²) < 4.78 is 44.2. The number of ether oxygens (including phenoxy) is 1. The van der Waals surface area contributed by atoms with Gasteiger partial charge in [-0.15, -0.1) is 0 Å². The standard InChI is InChI=1S/C14H18F3NO/c1-10(4-3-7-18-8-9-19-2)11-5-6-12(15)14(17)13(11)16/h4-6,18H,3,7-9H2,1-2H3. The summed E-state index contributed by atoms with van der Waals surface area (Å²) in [4.78, 5) is 0. The van der Waals surface area contributed by atoms with Crippen LogP contribution < -0.4 is 5.32 Å². The molecule has 0 spiro atoms. The topological polar surface area (TPSA) is 21.3 Å². The molecule has 0 atom stereocenters. The van der Waals surface area contributed by atoms with Gasteiger partial charge in [0.05, 0.1) is 6.61 Å². The molecule has 0 saturated heterocycles. The summed E-state index contributed by atoms with van der Waals surface area (Å²) in [6, 6.07) is 2.18. The first-order valence-corrected chi connectivity index (χ1v) is 6.08. The van der Waals surface area contributed by atoms with Gasteiger partial charge in [0.25, 0.3) is 0 Å². The van der Waals surface area contributed by atoms with E-state index in [1.54, 1.807) is 20.1 Å². The van der Waals surface area contributed by atoms with Crippen LogP contribution in [0.2, 0.25) is 0 Å². The van der Waals surface area contributed by atoms with E-state index in [0.717, 1.165) is 12.6 Å². The van der Waals surface area contributed by atoms with Gasteiger partial charge in [0.2, 0.25) is 0 Å². The van der Waals surface area contributed by atoms with Crippen LogP contribution in [0.15, 0.2) is 18.2 Å². The van der Waals surface area contributed by atoms with Crippen molar-refractivity contribution in [3.8, 4) is 0 Å². The molecule has 0 fully saturated rings. The molecule has 0 unspecified atom stereocenters. The van der Waals surface area contributed by atoms with E-state index in [-0.39, 0.29) is 5.56 Å². The fourth-order valence-electron chi connectivity index (χ4n) is 1.63. The largest absolute Gasteiger partial charge is 0.383 e. The molecule has 0 saturated carbocycles. The molecule has 0 radical (unpaired) electrons. The van der Waals surface area contributed by atoms with Gasteiger partial charge in [-0.25, -0.2) is 13.2 Å². The van der Waals surface area contributed by atoms with E-state index in [1.807, 2.05) is 0 Å². The minimum atomic E-state index is -1.43. The molecule has 0 amide bonds. The summed E-state index contributed by atoms with van der Waals surface area (Å²) in [5.41, 5.74) is 0.681. The lowest BCUT2D eigenvalue weighted by atomic mass is 10.1. The first-order valence-electron chi connectivity index (χ1n) is 6.08. The maximum absolute atomic E-state index is 13.5. The van der Waals surface area contributed by atoms with Crippen molar-refractivity contribution in [2.24, 2.45) is 0 Å². The maximum Gasteiger partial charge on any atom is 0.195 e. The highest BCUT2D eigenvalue weighted by atomic mass is 19.2. The van der Waals surface area contributed by atoms with Crippen molar-refractivity contribution in [2.45, 2.75) is 13.3 Å². The lowest BCUT2D eigenvalue weighted by Crippen LogP contribution is -2.19. The summed E-state index contributed by atoms with van der Waals surface area (Å²) in [5, 5.41) is 3.13. The molecule has 19 heavy (non-hydrogen) atoms. The highest BCUT2D eigenvalue weighted by Gasteiger charge is 2.13. The van der Waals surface area contributed by atoms with Gasteiger partial charge < -0.3 is 10.1 Å². The molecular weight excluding hydrogens is 255 g/mol. The van der Waals surface area contributed by atoms with E-state index in [2.05, 4.69) is 5.32 Å². The zero-order chi connectivity index (χ0) is 14.3. The summed E-state index contributed by atoms with van der Waals surface area (Å²) in [6.07, 6.45) is 2.46. The molecule has 0 aliphatic heterocycles. The number of rotatable bonds is 7. The predicted octanol–water partition coefficient (Wildman–Crippen LogP) is 3.13. The Labute approximate surface area is 111 Å². The van der Waals surface area contributed by atoms with Crippen LogP contribution >= 0.6 is 0 Å². The smallest absolute Gasteiger partial charge is 0.195 e. The van der Waals surface area contributed by atoms with Crippen LogP contribution in [0.3, 0.4) is 0 Å². The van der Waals surface area contributed by atoms with Gasteiger partial charge in [0.1, 0.15) is 0 Å². The lowest BCUT2D eigenvalue weighted by molar-refractivity contribution is 0.199. The van der Waals surface area contributed by atoms with E-state index >= 15 is 0 Å². The van der Waals surface area contributed by atoms with Gasteiger partial charge >= 0.3 is 0 Å². The molecule has 0 bridgehead atoms. The summed E-state index contributed by atoms with van der Waals surface area (Å²) in [7, 11) is 1.62. The van der Waals surface area contributed by atoms with Crippen molar-refractivity contribution in [1.29, 1.82) is 0 Å². The number of hydrogen-bond acceptors (Lipinski definition) is 2. The van der Waals surface area contributed by atoms with Gasteiger partial charge in [0.15, 0.2) is 17.5 Å². The van der Waals surface area contributed by atoms with Gasteiger partial charge in [0, 0.05) is 19.2 Å². The zero-order valence-electron chi connectivity index (χ0n) is 11.1. The van der Waals surface area contributed by atoms with Crippen LogP contribution in [0.1, 0.15) is 18.9 Å². The maximum atomic E-state index is 13.5. The molecule has 106 valence electrons. The molecule has 1 aromatic rings. The van der Waals surface area contributed by atoms with E-state index < -0.39 is 17.5 Å². The van der Waals surface area contributed by atoms with Crippen LogP contribution in [-0.2, 0) is 4.74 Å². The monoisotopic (exact) mass is 273 g/mol. The van der Waals surface area contributed by atoms with Crippen LogP contribution in [-0.4, -0.2) is 26.8 Å². The normalized spacial score (nSPS) is 11.9. The first kappa shape index (κ1) is 15.7. The second kappa shape index (κ2) is 7.96. The number of methoxy groups -OCH3 is 1. The number of halogens is 3. The molecule has 0 aromatic heterocycles. The third-order valence-corrected chi connectivity index (χ3v) is 2.71. The van der Waals surface area contributed by atoms with Crippen molar-refractivity contribution < 1.29 is 17.9 Å². The van der Waals surface area contributed by atoms with Crippen LogP contribution in [0.4, 0.5) is 13.2 Å². The summed E-state index contributed by atoms with van der Waals surface area (Å²) in [5.74, 6) is -3.74. The molecular formula is C14H18F3NO. The molecule has 1 aromatic carbocycles. The second-order valence-electron chi connectivity index (χ2n) is 4.14. The molecule has 0 aliphatic rings. The van der Waals surface area contributed by atoms with Crippen LogP contribution in [0.25, 0.3) is 5.57 Å². The Kier molecular flexibility index (Phi) is 6.59.